The van der Waals surface area contributed by atoms with Gasteiger partial charge in [-0.1, -0.05) is 0 Å². The number of carbonyl (C=O) groups excluding carboxylic acids is 3. The first-order valence-electron chi connectivity index (χ1n) is 8.35. The standard InChI is InChI=1S/C16H21N3O9/c17-7-2-1-3-9(14(23)24)19(13(15(25)26)16(27)28)12(22)6-8-18-10(20)4-5-11(18)21/h4-5,9,13H,1-3,6-8,17H2,(H,23,24)(H,25,26)(H,27,28)/t9-/m0/s1. The van der Waals surface area contributed by atoms with Crippen molar-refractivity contribution in [3.63, 3.8) is 0 Å². The first-order chi connectivity index (χ1) is 13.1. The van der Waals surface area contributed by atoms with Crippen LogP contribution in [0.5, 0.6) is 0 Å². The van der Waals surface area contributed by atoms with Crippen LogP contribution < -0.4 is 5.73 Å². The lowest BCUT2D eigenvalue weighted by Gasteiger charge is -2.32. The lowest BCUT2D eigenvalue weighted by Crippen LogP contribution is -2.57. The maximum atomic E-state index is 12.6. The third kappa shape index (κ3) is 5.61. The third-order valence-electron chi connectivity index (χ3n) is 4.04. The van der Waals surface area contributed by atoms with Crippen molar-refractivity contribution >= 4 is 35.6 Å². The van der Waals surface area contributed by atoms with Gasteiger partial charge < -0.3 is 26.0 Å². The molecule has 0 aromatic heterocycles. The van der Waals surface area contributed by atoms with Gasteiger partial charge in [-0.25, -0.2) is 14.4 Å². The topological polar surface area (TPSA) is 196 Å². The molecule has 0 unspecified atom stereocenters. The highest BCUT2D eigenvalue weighted by atomic mass is 16.4. The molecule has 0 aromatic carbocycles. The average molecular weight is 399 g/mol. The predicted molar refractivity (Wildman–Crippen MR) is 90.7 cm³/mol. The van der Waals surface area contributed by atoms with Gasteiger partial charge in [-0.2, -0.15) is 0 Å². The lowest BCUT2D eigenvalue weighted by molar-refractivity contribution is -0.168. The molecule has 0 bridgehead atoms. The molecule has 1 heterocycles. The van der Waals surface area contributed by atoms with Crippen LogP contribution in [0.25, 0.3) is 0 Å². The van der Waals surface area contributed by atoms with E-state index in [0.717, 1.165) is 12.2 Å². The van der Waals surface area contributed by atoms with Gasteiger partial charge in [0.05, 0.1) is 0 Å². The van der Waals surface area contributed by atoms with Gasteiger partial charge in [0, 0.05) is 25.1 Å². The second kappa shape index (κ2) is 10.2. The normalized spacial score (nSPS) is 14.4. The lowest BCUT2D eigenvalue weighted by atomic mass is 10.0. The molecular weight excluding hydrogens is 378 g/mol. The monoisotopic (exact) mass is 399 g/mol. The van der Waals surface area contributed by atoms with E-state index in [2.05, 4.69) is 0 Å². The number of carbonyl (C=O) groups is 6. The third-order valence-corrected chi connectivity index (χ3v) is 4.04. The average Bonchev–Trinajstić information content (AvgIpc) is 2.92. The molecule has 0 aromatic rings. The van der Waals surface area contributed by atoms with E-state index < -0.39 is 60.7 Å². The Hall–Kier alpha value is -3.28. The van der Waals surface area contributed by atoms with E-state index in [0.29, 0.717) is 11.3 Å². The minimum atomic E-state index is -2.44. The Morgan fingerprint density at radius 3 is 1.93 bits per heavy atom. The highest BCUT2D eigenvalue weighted by Gasteiger charge is 2.43. The molecule has 1 rings (SSSR count). The van der Waals surface area contributed by atoms with Crippen LogP contribution in [-0.2, 0) is 28.8 Å². The summed E-state index contributed by atoms with van der Waals surface area (Å²) in [5.41, 5.74) is 5.34. The van der Waals surface area contributed by atoms with E-state index >= 15 is 0 Å². The summed E-state index contributed by atoms with van der Waals surface area (Å²) in [4.78, 5) is 71.0. The maximum Gasteiger partial charge on any atom is 0.338 e. The van der Waals surface area contributed by atoms with E-state index in [9.17, 15) is 44.1 Å². The van der Waals surface area contributed by atoms with E-state index in [1.165, 1.54) is 0 Å². The van der Waals surface area contributed by atoms with Gasteiger partial charge in [-0.15, -0.1) is 0 Å². The second-order valence-corrected chi connectivity index (χ2v) is 5.93. The zero-order valence-electron chi connectivity index (χ0n) is 14.8. The molecule has 5 N–H and O–H groups in total. The molecule has 12 heteroatoms. The van der Waals surface area contributed by atoms with E-state index in [4.69, 9.17) is 5.73 Å². The molecule has 12 nitrogen and oxygen atoms in total. The molecular formula is C16H21N3O9. The Kier molecular flexibility index (Phi) is 8.26. The number of hydrogen-bond acceptors (Lipinski definition) is 7. The molecule has 0 fully saturated rings. The van der Waals surface area contributed by atoms with Crippen molar-refractivity contribution < 1.29 is 44.1 Å². The zero-order valence-corrected chi connectivity index (χ0v) is 14.8. The van der Waals surface area contributed by atoms with Crippen LogP contribution in [0.15, 0.2) is 12.2 Å². The largest absolute Gasteiger partial charge is 0.480 e. The molecule has 1 aliphatic rings. The van der Waals surface area contributed by atoms with E-state index in [1.54, 1.807) is 0 Å². The van der Waals surface area contributed by atoms with Crippen LogP contribution in [0.2, 0.25) is 0 Å². The van der Waals surface area contributed by atoms with Crippen molar-refractivity contribution in [1.82, 2.24) is 9.80 Å². The van der Waals surface area contributed by atoms with Crippen LogP contribution in [0.1, 0.15) is 25.7 Å². The summed E-state index contributed by atoms with van der Waals surface area (Å²) in [6, 6.07) is -4.16. The van der Waals surface area contributed by atoms with Gasteiger partial charge in [-0.3, -0.25) is 19.3 Å². The number of hydrogen-bond donors (Lipinski definition) is 4. The van der Waals surface area contributed by atoms with Crippen molar-refractivity contribution in [3.8, 4) is 0 Å². The second-order valence-electron chi connectivity index (χ2n) is 5.93. The van der Waals surface area contributed by atoms with Crippen LogP contribution >= 0.6 is 0 Å². The molecule has 0 aliphatic carbocycles. The number of imide groups is 1. The van der Waals surface area contributed by atoms with Gasteiger partial charge in [0.1, 0.15) is 6.04 Å². The Bertz CT molecular complexity index is 671. The Morgan fingerprint density at radius 2 is 1.50 bits per heavy atom. The molecule has 0 radical (unpaired) electrons. The highest BCUT2D eigenvalue weighted by Crippen LogP contribution is 2.17. The summed E-state index contributed by atoms with van der Waals surface area (Å²) in [7, 11) is 0. The minimum absolute atomic E-state index is 0.210. The van der Waals surface area contributed by atoms with Gasteiger partial charge in [-0.05, 0) is 25.8 Å². The van der Waals surface area contributed by atoms with Crippen LogP contribution in [0.3, 0.4) is 0 Å². The molecule has 1 aliphatic heterocycles. The number of nitrogens with zero attached hydrogens (tertiary/aromatic N) is 2. The SMILES string of the molecule is NCCCC[C@@H](C(=O)O)N(C(=O)CCN1C(=O)C=CC1=O)C(C(=O)O)C(=O)O. The molecule has 0 saturated heterocycles. The zero-order chi connectivity index (χ0) is 21.4. The molecule has 154 valence electrons. The Balaban J connectivity index is 3.09. The van der Waals surface area contributed by atoms with Crippen molar-refractivity contribution in [2.24, 2.45) is 5.73 Å². The van der Waals surface area contributed by atoms with Gasteiger partial charge in [0.2, 0.25) is 11.9 Å². The maximum absolute atomic E-state index is 12.6. The Morgan fingerprint density at radius 1 is 0.964 bits per heavy atom. The molecule has 1 atom stereocenters. The molecule has 3 amide bonds. The van der Waals surface area contributed by atoms with Crippen LogP contribution in [0.4, 0.5) is 0 Å². The number of unbranched alkanes of at least 4 members (excludes halogenated alkanes) is 1. The first kappa shape index (κ1) is 22.8. The van der Waals surface area contributed by atoms with Crippen LogP contribution in [0, 0.1) is 0 Å². The number of aliphatic carboxylic acids is 3. The van der Waals surface area contributed by atoms with E-state index in [-0.39, 0.29) is 24.3 Å². The number of rotatable bonds is 12. The summed E-state index contributed by atoms with van der Waals surface area (Å²) < 4.78 is 0. The predicted octanol–water partition coefficient (Wildman–Crippen LogP) is -1.75. The minimum Gasteiger partial charge on any atom is -0.480 e. The Labute approximate surface area is 159 Å². The quantitative estimate of drug-likeness (QED) is 0.166. The molecule has 0 saturated carbocycles. The van der Waals surface area contributed by atoms with Gasteiger partial charge in [0.25, 0.3) is 11.8 Å². The van der Waals surface area contributed by atoms with Gasteiger partial charge >= 0.3 is 17.9 Å². The van der Waals surface area contributed by atoms with E-state index in [1.807, 2.05) is 0 Å². The fraction of sp³-hybridized carbons (Fsp3) is 0.500. The van der Waals surface area contributed by atoms with Crippen molar-refractivity contribution in [1.29, 1.82) is 0 Å². The van der Waals surface area contributed by atoms with Crippen molar-refractivity contribution in [2.75, 3.05) is 13.1 Å². The number of carboxylic acid groups (broad SMARTS) is 3. The summed E-state index contributed by atoms with van der Waals surface area (Å²) in [5.74, 6) is -7.90. The summed E-state index contributed by atoms with van der Waals surface area (Å²) in [6.07, 6.45) is 1.73. The number of nitrogens with two attached hydrogens (primary N) is 1. The van der Waals surface area contributed by atoms with Gasteiger partial charge in [0.15, 0.2) is 0 Å². The summed E-state index contributed by atoms with van der Waals surface area (Å²) in [6.45, 7) is -0.213. The summed E-state index contributed by atoms with van der Waals surface area (Å²) in [5, 5.41) is 27.9. The van der Waals surface area contributed by atoms with Crippen LogP contribution in [-0.4, -0.2) is 85.9 Å². The number of amides is 3. The van der Waals surface area contributed by atoms with Crippen molar-refractivity contribution in [2.45, 2.75) is 37.8 Å². The molecule has 0 spiro atoms. The fourth-order valence-corrected chi connectivity index (χ4v) is 2.69. The van der Waals surface area contributed by atoms with Crippen molar-refractivity contribution in [3.05, 3.63) is 12.2 Å². The summed E-state index contributed by atoms with van der Waals surface area (Å²) >= 11 is 0. The highest BCUT2D eigenvalue weighted by molar-refractivity contribution is 6.13. The first-order valence-corrected chi connectivity index (χ1v) is 8.35. The smallest absolute Gasteiger partial charge is 0.338 e. The number of carboxylic acids is 3. The fourth-order valence-electron chi connectivity index (χ4n) is 2.69. The molecule has 28 heavy (non-hydrogen) atoms.